The van der Waals surface area contributed by atoms with E-state index in [2.05, 4.69) is 57.2 Å². The number of hydrogen-bond donors (Lipinski definition) is 4. The summed E-state index contributed by atoms with van der Waals surface area (Å²) in [6.45, 7) is 0. The van der Waals surface area contributed by atoms with Crippen molar-refractivity contribution in [3.63, 3.8) is 0 Å². The molecule has 0 atom stereocenters. The summed E-state index contributed by atoms with van der Waals surface area (Å²) < 4.78 is 62.0. The van der Waals surface area contributed by atoms with Crippen LogP contribution in [0.15, 0.2) is 102 Å². The maximum atomic E-state index is 12.2. The quantitative estimate of drug-likeness (QED) is 0.0592. The van der Waals surface area contributed by atoms with Gasteiger partial charge in [0.15, 0.2) is 0 Å². The van der Waals surface area contributed by atoms with Crippen LogP contribution in [0.1, 0.15) is 11.1 Å². The Labute approximate surface area is 364 Å². The molecule has 0 aliphatic heterocycles. The van der Waals surface area contributed by atoms with Gasteiger partial charge >= 0.3 is 69.7 Å². The Morgan fingerprint density at radius 3 is 1.44 bits per heavy atom. The molecule has 4 N–H and O–H groups in total. The number of aromatic nitrogens is 6. The van der Waals surface area contributed by atoms with Crippen molar-refractivity contribution >= 4 is 103 Å². The summed E-state index contributed by atoms with van der Waals surface area (Å²) in [5.41, 5.74) is 3.14. The van der Waals surface area contributed by atoms with E-state index in [1.54, 1.807) is 30.3 Å². The number of hydrogen-bond acceptors (Lipinski definition) is 16. The largest absolute Gasteiger partial charge is 1.00 e. The topological polar surface area (TPSA) is 234 Å². The number of nitrogens with one attached hydrogen (secondary N) is 4. The van der Waals surface area contributed by atoms with E-state index in [1.165, 1.54) is 18.2 Å². The maximum Gasteiger partial charge on any atom is 1.00 e. The molecule has 0 aliphatic rings. The first-order valence-corrected chi connectivity index (χ1v) is 17.6. The van der Waals surface area contributed by atoms with Gasteiger partial charge in [-0.1, -0.05) is 48.5 Å². The Kier molecular flexibility index (Phi) is 17.4. The predicted octanol–water partition coefficient (Wildman–Crippen LogP) is 0.216. The van der Waals surface area contributed by atoms with Gasteiger partial charge in [-0.05, 0) is 70.9 Å². The number of benzene rings is 4. The standard InChI is InChI=1S/C32H23Cl2N10O3S.2Na.O3S/c33-27-39-29(35-22-7-3-1-4-8-22)43-31(41-27)37-24-16-12-20(13-17-24)11-14-21-15-18-25(19-26(21)48(45,46)47)38-32-42-28(34)40-30(44-32)36-23-9-5-2-6-10-23;;;1-4(2)3/h1-12,14-19H,(H,45,46,47)(H2,35,37,39,41,43)(H2,36,38,40,42,44);;;/q-1;2*+1;/p-1/b14-11+;;;. The smallest absolute Gasteiger partial charge is 0.744 e. The summed E-state index contributed by atoms with van der Waals surface area (Å²) in [7, 11) is -7.98. The van der Waals surface area contributed by atoms with E-state index < -0.39 is 25.6 Å². The molecule has 22 heteroatoms. The molecular formula is C32H22Cl2N10Na2O6S2. The number of anilines is 8. The normalized spacial score (nSPS) is 10.5. The molecular weight excluding hydrogens is 801 g/mol. The average Bonchev–Trinajstić information content (AvgIpc) is 3.08. The van der Waals surface area contributed by atoms with Crippen molar-refractivity contribution in [1.82, 2.24) is 29.9 Å². The minimum atomic E-state index is -4.87. The zero-order valence-electron chi connectivity index (χ0n) is 28.1. The van der Waals surface area contributed by atoms with Gasteiger partial charge in [-0.25, -0.2) is 8.42 Å². The predicted molar refractivity (Wildman–Crippen MR) is 194 cm³/mol. The molecule has 4 aromatic carbocycles. The molecule has 0 saturated heterocycles. The monoisotopic (exact) mass is 822 g/mol. The third-order valence-corrected chi connectivity index (χ3v) is 7.58. The van der Waals surface area contributed by atoms with Crippen molar-refractivity contribution in [3.05, 3.63) is 125 Å². The Morgan fingerprint density at radius 2 is 1.02 bits per heavy atom. The van der Waals surface area contributed by atoms with E-state index in [0.29, 0.717) is 11.3 Å². The molecule has 2 heterocycles. The van der Waals surface area contributed by atoms with Crippen LogP contribution in [-0.2, 0) is 20.7 Å². The molecule has 0 aliphatic carbocycles. The molecule has 6 aromatic rings. The molecule has 0 fully saturated rings. The molecule has 264 valence electrons. The van der Waals surface area contributed by atoms with Crippen LogP contribution in [0.5, 0.6) is 0 Å². The van der Waals surface area contributed by atoms with E-state index in [1.807, 2.05) is 60.7 Å². The van der Waals surface area contributed by atoms with Crippen LogP contribution < -0.4 is 80.4 Å². The van der Waals surface area contributed by atoms with Crippen molar-refractivity contribution < 1.29 is 84.7 Å². The first kappa shape index (κ1) is 44.3. The fourth-order valence-corrected chi connectivity index (χ4v) is 5.26. The molecule has 0 spiro atoms. The van der Waals surface area contributed by atoms with E-state index in [-0.39, 0.29) is 105 Å². The van der Waals surface area contributed by atoms with E-state index in [4.69, 9.17) is 35.8 Å². The van der Waals surface area contributed by atoms with Crippen molar-refractivity contribution in [3.8, 4) is 0 Å². The maximum absolute atomic E-state index is 12.2. The Hall–Kier alpha value is -4.05. The van der Waals surface area contributed by atoms with E-state index in [0.717, 1.165) is 11.4 Å². The second-order valence-electron chi connectivity index (χ2n) is 10.0. The van der Waals surface area contributed by atoms with Crippen molar-refractivity contribution in [1.29, 1.82) is 0 Å². The van der Waals surface area contributed by atoms with Crippen LogP contribution in [0.2, 0.25) is 10.6 Å². The minimum absolute atomic E-state index is 0. The minimum Gasteiger partial charge on any atom is -0.744 e. The van der Waals surface area contributed by atoms with Gasteiger partial charge in [0.1, 0.15) is 10.1 Å². The third-order valence-electron chi connectivity index (χ3n) is 6.35. The molecule has 0 radical (unpaired) electrons. The summed E-state index contributed by atoms with van der Waals surface area (Å²) in [5, 5.41) is 11.9. The molecule has 0 amide bonds. The summed E-state index contributed by atoms with van der Waals surface area (Å²) in [4.78, 5) is 24.5. The van der Waals surface area contributed by atoms with Gasteiger partial charge in [-0.15, -0.1) is 43.0 Å². The van der Waals surface area contributed by atoms with Gasteiger partial charge in [0, 0.05) is 17.1 Å². The van der Waals surface area contributed by atoms with Crippen molar-refractivity contribution in [2.45, 2.75) is 4.90 Å². The van der Waals surface area contributed by atoms with Crippen LogP contribution in [0, 0.1) is 6.07 Å². The molecule has 0 saturated carbocycles. The van der Waals surface area contributed by atoms with Gasteiger partial charge < -0.3 is 25.8 Å². The Morgan fingerprint density at radius 1 is 0.593 bits per heavy atom. The first-order chi connectivity index (χ1) is 24.9. The zero-order valence-corrected chi connectivity index (χ0v) is 35.2. The first-order valence-electron chi connectivity index (χ1n) is 14.5. The van der Waals surface area contributed by atoms with Crippen molar-refractivity contribution in [2.75, 3.05) is 21.3 Å². The van der Waals surface area contributed by atoms with Crippen LogP contribution in [0.3, 0.4) is 0 Å². The summed E-state index contributed by atoms with van der Waals surface area (Å²) >= 11 is 12.2. The summed E-state index contributed by atoms with van der Waals surface area (Å²) in [6, 6.07) is 31.0. The van der Waals surface area contributed by atoms with Crippen LogP contribution >= 0.6 is 23.2 Å². The SMILES string of the molecule is O=S(=O)([O-])c1cc(Nc2nc(Cl)nc(Nc3ccccc3)n2)ccc1/C=C/c1[c-]cc(Nc2nc(Cl)nc(Nc3ccccc3)n2)cc1.O=S(=O)=O.[Na+].[Na+]. The van der Waals surface area contributed by atoms with Gasteiger partial charge in [0.25, 0.3) is 0 Å². The average molecular weight is 824 g/mol. The number of rotatable bonds is 11. The van der Waals surface area contributed by atoms with Gasteiger partial charge in [0.05, 0.1) is 4.90 Å². The molecule has 6 rings (SSSR count). The van der Waals surface area contributed by atoms with Crippen LogP contribution in [0.4, 0.5) is 46.5 Å². The molecule has 2 aromatic heterocycles. The van der Waals surface area contributed by atoms with Crippen LogP contribution in [0.25, 0.3) is 12.2 Å². The summed E-state index contributed by atoms with van der Waals surface area (Å²) in [6.07, 6.45) is 3.12. The second-order valence-corrected chi connectivity index (χ2v) is 12.4. The molecule has 16 nitrogen and oxygen atoms in total. The van der Waals surface area contributed by atoms with E-state index >= 15 is 0 Å². The summed E-state index contributed by atoms with van der Waals surface area (Å²) in [5.74, 6) is 0.684. The number of para-hydroxylation sites is 2. The van der Waals surface area contributed by atoms with Crippen LogP contribution in [-0.4, -0.2) is 55.5 Å². The third kappa shape index (κ3) is 14.3. The Bertz CT molecular complexity index is 2440. The second kappa shape index (κ2) is 21.1. The molecule has 0 bridgehead atoms. The van der Waals surface area contributed by atoms with Gasteiger partial charge in [-0.3, -0.25) is 0 Å². The molecule has 54 heavy (non-hydrogen) atoms. The number of nitrogens with zero attached hydrogens (tertiary/aromatic N) is 6. The van der Waals surface area contributed by atoms with E-state index in [9.17, 15) is 13.0 Å². The Balaban J connectivity index is 0.00000125. The van der Waals surface area contributed by atoms with Crippen molar-refractivity contribution in [2.24, 2.45) is 0 Å². The zero-order chi connectivity index (χ0) is 37.1. The molecule has 0 unspecified atom stereocenters. The van der Waals surface area contributed by atoms with Gasteiger partial charge in [-0.2, -0.15) is 35.5 Å². The fraction of sp³-hybridized carbons (Fsp3) is 0. The number of halogens is 2. The van der Waals surface area contributed by atoms with Gasteiger partial charge in [0.2, 0.25) is 34.4 Å². The fourth-order valence-electron chi connectivity index (χ4n) is 4.25.